The van der Waals surface area contributed by atoms with Crippen LogP contribution >= 0.6 is 0 Å². The smallest absolute Gasteiger partial charge is 0.326 e. The molecule has 1 aliphatic heterocycles. The van der Waals surface area contributed by atoms with E-state index < -0.39 is 29.4 Å². The summed E-state index contributed by atoms with van der Waals surface area (Å²) in [4.78, 5) is 33.9. The fraction of sp³-hybridized carbons (Fsp3) is 0.727. The Morgan fingerprint density at radius 2 is 2.06 bits per heavy atom. The third-order valence-electron chi connectivity index (χ3n) is 2.73. The third kappa shape index (κ3) is 3.69. The monoisotopic (exact) mass is 257 g/mol. The van der Waals surface area contributed by atoms with Crippen molar-refractivity contribution in [1.82, 2.24) is 16.0 Å². The molecule has 1 unspecified atom stereocenters. The van der Waals surface area contributed by atoms with Crippen LogP contribution in [0.2, 0.25) is 0 Å². The SMILES string of the molecule is CC(C)(C)[C@@H](NC(=O)C1CNC(=O)CN1)C(=O)O. The Morgan fingerprint density at radius 1 is 1.44 bits per heavy atom. The second kappa shape index (κ2) is 5.34. The lowest BCUT2D eigenvalue weighted by molar-refractivity contribution is -0.145. The fourth-order valence-corrected chi connectivity index (χ4v) is 1.64. The topological polar surface area (TPSA) is 108 Å². The minimum absolute atomic E-state index is 0.0609. The summed E-state index contributed by atoms with van der Waals surface area (Å²) in [6.45, 7) is 5.44. The molecule has 1 fully saturated rings. The van der Waals surface area contributed by atoms with Crippen molar-refractivity contribution >= 4 is 17.8 Å². The summed E-state index contributed by atoms with van der Waals surface area (Å²) >= 11 is 0. The quantitative estimate of drug-likeness (QED) is 0.502. The maximum absolute atomic E-state index is 11.9. The molecule has 2 amide bonds. The maximum Gasteiger partial charge on any atom is 0.326 e. The highest BCUT2D eigenvalue weighted by molar-refractivity contribution is 5.89. The Bertz CT molecular complexity index is 352. The van der Waals surface area contributed by atoms with Crippen LogP contribution in [0.3, 0.4) is 0 Å². The lowest BCUT2D eigenvalue weighted by atomic mass is 9.86. The minimum Gasteiger partial charge on any atom is -0.480 e. The molecule has 0 aromatic carbocycles. The van der Waals surface area contributed by atoms with Crippen molar-refractivity contribution in [2.75, 3.05) is 13.1 Å². The average Bonchev–Trinajstić information content (AvgIpc) is 2.24. The predicted molar refractivity (Wildman–Crippen MR) is 63.8 cm³/mol. The van der Waals surface area contributed by atoms with E-state index in [-0.39, 0.29) is 19.0 Å². The van der Waals surface area contributed by atoms with Crippen molar-refractivity contribution in [2.24, 2.45) is 5.41 Å². The van der Waals surface area contributed by atoms with Gasteiger partial charge in [-0.05, 0) is 5.41 Å². The molecule has 0 bridgehead atoms. The molecule has 1 aliphatic rings. The molecule has 0 spiro atoms. The number of amides is 2. The first-order valence-corrected chi connectivity index (χ1v) is 5.75. The second-order valence-corrected chi connectivity index (χ2v) is 5.38. The van der Waals surface area contributed by atoms with Crippen molar-refractivity contribution in [3.63, 3.8) is 0 Å². The van der Waals surface area contributed by atoms with E-state index in [4.69, 9.17) is 5.11 Å². The van der Waals surface area contributed by atoms with Gasteiger partial charge in [0.2, 0.25) is 11.8 Å². The van der Waals surface area contributed by atoms with Crippen molar-refractivity contribution in [3.05, 3.63) is 0 Å². The van der Waals surface area contributed by atoms with Crippen LogP contribution in [-0.4, -0.2) is 48.1 Å². The van der Waals surface area contributed by atoms with Crippen molar-refractivity contribution in [3.8, 4) is 0 Å². The van der Waals surface area contributed by atoms with E-state index in [1.165, 1.54) is 0 Å². The minimum atomic E-state index is -1.07. The number of hydrogen-bond donors (Lipinski definition) is 4. The van der Waals surface area contributed by atoms with Gasteiger partial charge in [-0.3, -0.25) is 14.9 Å². The normalized spacial score (nSPS) is 21.9. The molecule has 0 aromatic rings. The number of carbonyl (C=O) groups is 3. The van der Waals surface area contributed by atoms with Gasteiger partial charge in [0.1, 0.15) is 12.1 Å². The van der Waals surface area contributed by atoms with Crippen LogP contribution in [0.25, 0.3) is 0 Å². The van der Waals surface area contributed by atoms with E-state index in [1.807, 2.05) is 0 Å². The van der Waals surface area contributed by atoms with Gasteiger partial charge in [-0.15, -0.1) is 0 Å². The van der Waals surface area contributed by atoms with Crippen LogP contribution in [-0.2, 0) is 14.4 Å². The fourth-order valence-electron chi connectivity index (χ4n) is 1.64. The Balaban J connectivity index is 2.62. The summed E-state index contributed by atoms with van der Waals surface area (Å²) in [5.74, 6) is -1.67. The third-order valence-corrected chi connectivity index (χ3v) is 2.73. The van der Waals surface area contributed by atoms with Gasteiger partial charge in [-0.25, -0.2) is 4.79 Å². The Labute approximate surface area is 105 Å². The second-order valence-electron chi connectivity index (χ2n) is 5.38. The van der Waals surface area contributed by atoms with Gasteiger partial charge in [0.05, 0.1) is 6.54 Å². The summed E-state index contributed by atoms with van der Waals surface area (Å²) in [5, 5.41) is 16.9. The summed E-state index contributed by atoms with van der Waals surface area (Å²) in [6, 6.07) is -1.56. The van der Waals surface area contributed by atoms with E-state index >= 15 is 0 Å². The highest BCUT2D eigenvalue weighted by Gasteiger charge is 2.35. The van der Waals surface area contributed by atoms with E-state index in [0.29, 0.717) is 0 Å². The molecule has 0 saturated carbocycles. The molecule has 0 aromatic heterocycles. The first-order valence-electron chi connectivity index (χ1n) is 5.75. The largest absolute Gasteiger partial charge is 0.480 e. The predicted octanol–water partition coefficient (Wildman–Crippen LogP) is -1.31. The lowest BCUT2D eigenvalue weighted by Crippen LogP contribution is -2.61. The molecule has 1 saturated heterocycles. The molecule has 0 aliphatic carbocycles. The van der Waals surface area contributed by atoms with Crippen LogP contribution in [0, 0.1) is 5.41 Å². The Hall–Kier alpha value is -1.63. The molecule has 2 atom stereocenters. The Morgan fingerprint density at radius 3 is 2.44 bits per heavy atom. The number of piperazine rings is 1. The van der Waals surface area contributed by atoms with Gasteiger partial charge in [0.25, 0.3) is 0 Å². The average molecular weight is 257 g/mol. The molecule has 4 N–H and O–H groups in total. The zero-order valence-electron chi connectivity index (χ0n) is 10.7. The first kappa shape index (κ1) is 14.4. The van der Waals surface area contributed by atoms with Crippen LogP contribution in [0.5, 0.6) is 0 Å². The van der Waals surface area contributed by atoms with Gasteiger partial charge in [-0.1, -0.05) is 20.8 Å². The summed E-state index contributed by atoms with van der Waals surface area (Å²) < 4.78 is 0. The molecule has 102 valence electrons. The molecule has 1 heterocycles. The standard InChI is InChI=1S/C11H19N3O4/c1-11(2,3)8(10(17)18)14-9(16)6-4-13-7(15)5-12-6/h6,8,12H,4-5H2,1-3H3,(H,13,15)(H,14,16)(H,17,18)/t6?,8-/m0/s1. The molecule has 0 radical (unpaired) electrons. The van der Waals surface area contributed by atoms with E-state index in [0.717, 1.165) is 0 Å². The number of hydrogen-bond acceptors (Lipinski definition) is 4. The van der Waals surface area contributed by atoms with Crippen molar-refractivity contribution < 1.29 is 19.5 Å². The zero-order chi connectivity index (χ0) is 13.9. The van der Waals surface area contributed by atoms with Gasteiger partial charge >= 0.3 is 5.97 Å². The van der Waals surface area contributed by atoms with Crippen LogP contribution in [0.4, 0.5) is 0 Å². The summed E-state index contributed by atoms with van der Waals surface area (Å²) in [6.07, 6.45) is 0. The highest BCUT2D eigenvalue weighted by Crippen LogP contribution is 2.19. The van der Waals surface area contributed by atoms with Crippen molar-refractivity contribution in [2.45, 2.75) is 32.9 Å². The van der Waals surface area contributed by atoms with Gasteiger partial charge < -0.3 is 15.7 Å². The molecule has 1 rings (SSSR count). The zero-order valence-corrected chi connectivity index (χ0v) is 10.7. The molecular weight excluding hydrogens is 238 g/mol. The number of aliphatic carboxylic acids is 1. The van der Waals surface area contributed by atoms with Crippen molar-refractivity contribution in [1.29, 1.82) is 0 Å². The van der Waals surface area contributed by atoms with E-state index in [1.54, 1.807) is 20.8 Å². The van der Waals surface area contributed by atoms with E-state index in [2.05, 4.69) is 16.0 Å². The first-order chi connectivity index (χ1) is 8.21. The summed E-state index contributed by atoms with van der Waals surface area (Å²) in [7, 11) is 0. The highest BCUT2D eigenvalue weighted by atomic mass is 16.4. The lowest BCUT2D eigenvalue weighted by Gasteiger charge is -2.30. The number of rotatable bonds is 3. The van der Waals surface area contributed by atoms with Crippen LogP contribution in [0.1, 0.15) is 20.8 Å². The number of carboxylic acid groups (broad SMARTS) is 1. The molecular formula is C11H19N3O4. The molecule has 18 heavy (non-hydrogen) atoms. The van der Waals surface area contributed by atoms with Gasteiger partial charge in [0.15, 0.2) is 0 Å². The van der Waals surface area contributed by atoms with Crippen LogP contribution < -0.4 is 16.0 Å². The van der Waals surface area contributed by atoms with Crippen LogP contribution in [0.15, 0.2) is 0 Å². The molecule has 7 nitrogen and oxygen atoms in total. The molecule has 7 heteroatoms. The van der Waals surface area contributed by atoms with Gasteiger partial charge in [0, 0.05) is 6.54 Å². The number of nitrogens with one attached hydrogen (secondary N) is 3. The summed E-state index contributed by atoms with van der Waals surface area (Å²) in [5.41, 5.74) is -0.584. The number of carbonyl (C=O) groups excluding carboxylic acids is 2. The Kier molecular flexibility index (Phi) is 4.28. The number of carboxylic acids is 1. The van der Waals surface area contributed by atoms with E-state index in [9.17, 15) is 14.4 Å². The maximum atomic E-state index is 11.9. The van der Waals surface area contributed by atoms with Gasteiger partial charge in [-0.2, -0.15) is 0 Å².